The quantitative estimate of drug-likeness (QED) is 0.360. The van der Waals surface area contributed by atoms with E-state index >= 15 is 0 Å². The van der Waals surface area contributed by atoms with Gasteiger partial charge in [0.15, 0.2) is 0 Å². The highest BCUT2D eigenvalue weighted by Crippen LogP contribution is 2.17. The number of rotatable bonds is 2. The van der Waals surface area contributed by atoms with E-state index in [1.54, 1.807) is 58.5 Å². The fourth-order valence-corrected chi connectivity index (χ4v) is 4.03. The van der Waals surface area contributed by atoms with Gasteiger partial charge in [0, 0.05) is 26.2 Å². The Bertz CT molecular complexity index is 799. The van der Waals surface area contributed by atoms with Crippen LogP contribution in [-0.2, 0) is 17.1 Å². The molecule has 1 aliphatic heterocycles. The summed E-state index contributed by atoms with van der Waals surface area (Å²) in [6.45, 7) is 1.37. The van der Waals surface area contributed by atoms with Crippen molar-refractivity contribution in [1.82, 2.24) is 13.8 Å². The first-order valence-corrected chi connectivity index (χ1v) is 8.80. The maximum absolute atomic E-state index is 12.6. The van der Waals surface area contributed by atoms with E-state index < -0.39 is 10.0 Å². The Morgan fingerprint density at radius 2 is 1.71 bits per heavy atom. The number of hydrogen-bond donors (Lipinski definition) is 0. The minimum atomic E-state index is -3.49. The van der Waals surface area contributed by atoms with Crippen LogP contribution < -0.4 is 28.5 Å². The monoisotopic (exact) mass is 462 g/mol. The lowest BCUT2D eigenvalue weighted by molar-refractivity contribution is -0.670. The summed E-state index contributed by atoms with van der Waals surface area (Å²) in [4.78, 5) is 14.3. The van der Waals surface area contributed by atoms with E-state index in [9.17, 15) is 13.2 Å². The Hall–Kier alpha value is -1.46. The third-order valence-corrected chi connectivity index (χ3v) is 5.79. The summed E-state index contributed by atoms with van der Waals surface area (Å²) < 4.78 is 29.8. The number of aromatic nitrogens is 2. The van der Waals surface area contributed by atoms with Crippen molar-refractivity contribution < 1.29 is 41.8 Å². The number of sulfonamides is 1. The molecule has 0 unspecified atom stereocenters. The van der Waals surface area contributed by atoms with Gasteiger partial charge < -0.3 is 28.9 Å². The summed E-state index contributed by atoms with van der Waals surface area (Å²) in [5.74, 6) is 0. The van der Waals surface area contributed by atoms with Gasteiger partial charge in [-0.05, 0) is 12.1 Å². The SMILES string of the molecule is C[n+]1ccn(C(=O)N2CCN(S(=O)(=O)c3ccccc3)CC2)c1.[I-]. The molecule has 7 nitrogen and oxygen atoms in total. The van der Waals surface area contributed by atoms with Crippen molar-refractivity contribution in [2.45, 2.75) is 4.90 Å². The van der Waals surface area contributed by atoms with E-state index in [1.165, 1.54) is 8.87 Å². The number of carbonyl (C=O) groups excluding carboxylic acids is 1. The predicted octanol–water partition coefficient (Wildman–Crippen LogP) is -2.71. The molecule has 1 aliphatic rings. The molecule has 3 rings (SSSR count). The Kier molecular flexibility index (Phi) is 5.99. The summed E-state index contributed by atoms with van der Waals surface area (Å²) in [5, 5.41) is 0. The molecule has 0 saturated carbocycles. The molecular weight excluding hydrogens is 443 g/mol. The summed E-state index contributed by atoms with van der Waals surface area (Å²) in [5.41, 5.74) is 0. The fraction of sp³-hybridized carbons (Fsp3) is 0.333. The van der Waals surface area contributed by atoms with Gasteiger partial charge in [-0.15, -0.1) is 0 Å². The first-order valence-electron chi connectivity index (χ1n) is 7.36. The number of hydrogen-bond acceptors (Lipinski definition) is 3. The topological polar surface area (TPSA) is 66.5 Å². The molecule has 1 fully saturated rings. The number of benzene rings is 1. The van der Waals surface area contributed by atoms with Crippen molar-refractivity contribution in [2.75, 3.05) is 26.2 Å². The normalized spacial score (nSPS) is 15.8. The standard InChI is InChI=1S/C15H19N4O3S.HI/c1-16-7-8-18(13-16)15(20)17-9-11-19(12-10-17)23(21,22)14-5-3-2-4-6-14;/h2-8,13H,9-12H2,1H3;1H/q+1;/p-1. The lowest BCUT2D eigenvalue weighted by atomic mass is 10.4. The van der Waals surface area contributed by atoms with Gasteiger partial charge in [0.25, 0.3) is 6.33 Å². The summed E-state index contributed by atoms with van der Waals surface area (Å²) in [6.07, 6.45) is 5.17. The fourth-order valence-electron chi connectivity index (χ4n) is 2.59. The van der Waals surface area contributed by atoms with Crippen molar-refractivity contribution in [2.24, 2.45) is 7.05 Å². The molecule has 0 N–H and O–H groups in total. The number of halogens is 1. The molecule has 2 aromatic rings. The molecule has 0 bridgehead atoms. The first kappa shape index (κ1) is 18.9. The summed E-state index contributed by atoms with van der Waals surface area (Å²) >= 11 is 0. The minimum Gasteiger partial charge on any atom is -1.00 e. The largest absolute Gasteiger partial charge is 1.00 e. The molecule has 9 heteroatoms. The number of aryl methyl sites for hydroxylation is 1. The number of amides is 1. The van der Waals surface area contributed by atoms with Gasteiger partial charge in [-0.1, -0.05) is 18.2 Å². The van der Waals surface area contributed by atoms with Crippen molar-refractivity contribution in [3.63, 3.8) is 0 Å². The number of nitrogens with zero attached hydrogens (tertiary/aromatic N) is 4. The van der Waals surface area contributed by atoms with Gasteiger partial charge in [-0.2, -0.15) is 8.87 Å². The van der Waals surface area contributed by atoms with E-state index in [-0.39, 0.29) is 34.9 Å². The first-order chi connectivity index (χ1) is 11.0. The van der Waals surface area contributed by atoms with Gasteiger partial charge in [0.2, 0.25) is 10.0 Å². The van der Waals surface area contributed by atoms with Gasteiger partial charge >= 0.3 is 6.03 Å². The number of imidazole rings is 1. The minimum absolute atomic E-state index is 0. The molecule has 0 atom stereocenters. The van der Waals surface area contributed by atoms with Gasteiger partial charge in [0.1, 0.15) is 12.4 Å². The van der Waals surface area contributed by atoms with Gasteiger partial charge in [-0.25, -0.2) is 17.8 Å². The molecule has 0 aliphatic carbocycles. The van der Waals surface area contributed by atoms with Crippen LogP contribution in [0.3, 0.4) is 0 Å². The Morgan fingerprint density at radius 3 is 2.25 bits per heavy atom. The Labute approximate surface area is 158 Å². The van der Waals surface area contributed by atoms with Crippen molar-refractivity contribution in [1.29, 1.82) is 0 Å². The maximum atomic E-state index is 12.6. The van der Waals surface area contributed by atoms with E-state index in [4.69, 9.17) is 0 Å². The molecule has 1 aromatic carbocycles. The predicted molar refractivity (Wildman–Crippen MR) is 83.2 cm³/mol. The molecule has 1 saturated heterocycles. The Morgan fingerprint density at radius 1 is 1.08 bits per heavy atom. The highest BCUT2D eigenvalue weighted by atomic mass is 127. The van der Waals surface area contributed by atoms with Crippen LogP contribution in [0.1, 0.15) is 0 Å². The second-order valence-corrected chi connectivity index (χ2v) is 7.41. The lowest BCUT2D eigenvalue weighted by Gasteiger charge is -2.32. The van der Waals surface area contributed by atoms with Crippen molar-refractivity contribution >= 4 is 16.1 Å². The van der Waals surface area contributed by atoms with Crippen LogP contribution >= 0.6 is 0 Å². The third-order valence-electron chi connectivity index (χ3n) is 3.88. The van der Waals surface area contributed by atoms with Crippen LogP contribution in [-0.4, -0.2) is 54.4 Å². The zero-order valence-electron chi connectivity index (χ0n) is 13.2. The van der Waals surface area contributed by atoms with Gasteiger partial charge in [-0.3, -0.25) is 0 Å². The lowest BCUT2D eigenvalue weighted by Crippen LogP contribution is -3.00. The second-order valence-electron chi connectivity index (χ2n) is 5.47. The van der Waals surface area contributed by atoms with Crippen LogP contribution in [0, 0.1) is 0 Å². The molecule has 24 heavy (non-hydrogen) atoms. The van der Waals surface area contributed by atoms with E-state index in [2.05, 4.69) is 0 Å². The van der Waals surface area contributed by atoms with Crippen LogP contribution in [0.25, 0.3) is 0 Å². The molecule has 2 heterocycles. The van der Waals surface area contributed by atoms with Crippen molar-refractivity contribution in [3.8, 4) is 0 Å². The van der Waals surface area contributed by atoms with Crippen LogP contribution in [0.5, 0.6) is 0 Å². The van der Waals surface area contributed by atoms with Gasteiger partial charge in [0.05, 0.1) is 11.9 Å². The zero-order valence-corrected chi connectivity index (χ0v) is 16.2. The van der Waals surface area contributed by atoms with Crippen molar-refractivity contribution in [3.05, 3.63) is 49.1 Å². The van der Waals surface area contributed by atoms with Crippen LogP contribution in [0.4, 0.5) is 4.79 Å². The van der Waals surface area contributed by atoms with Crippen LogP contribution in [0.15, 0.2) is 53.9 Å². The van der Waals surface area contributed by atoms with E-state index in [1.807, 2.05) is 7.05 Å². The second kappa shape index (κ2) is 7.62. The number of carbonyl (C=O) groups is 1. The molecule has 1 amide bonds. The third kappa shape index (κ3) is 3.78. The summed E-state index contributed by atoms with van der Waals surface area (Å²) in [7, 11) is -1.65. The van der Waals surface area contributed by atoms with E-state index in [0.717, 1.165) is 0 Å². The molecule has 0 radical (unpaired) electrons. The van der Waals surface area contributed by atoms with Crippen LogP contribution in [0.2, 0.25) is 0 Å². The average molecular weight is 462 g/mol. The molecule has 0 spiro atoms. The molecule has 130 valence electrons. The molecular formula is C15H19IN4O3S. The highest BCUT2D eigenvalue weighted by molar-refractivity contribution is 7.89. The zero-order chi connectivity index (χ0) is 16.4. The summed E-state index contributed by atoms with van der Waals surface area (Å²) in [6, 6.07) is 8.24. The number of piperazine rings is 1. The molecule has 1 aromatic heterocycles. The van der Waals surface area contributed by atoms with E-state index in [0.29, 0.717) is 26.2 Å². The maximum Gasteiger partial charge on any atom is 0.415 e. The smallest absolute Gasteiger partial charge is 0.415 e. The Balaban J connectivity index is 0.00000208. The highest BCUT2D eigenvalue weighted by Gasteiger charge is 2.31. The average Bonchev–Trinajstić information content (AvgIpc) is 3.01.